The van der Waals surface area contributed by atoms with E-state index in [9.17, 15) is 43.7 Å². The number of aliphatic imine (C=N–C) groups is 1. The lowest BCUT2D eigenvalue weighted by molar-refractivity contribution is -0.684. The average molecular weight is 807 g/mol. The van der Waals surface area contributed by atoms with Crippen molar-refractivity contribution in [3.63, 3.8) is 0 Å². The maximum Gasteiger partial charge on any atom is 0.327 e. The molecule has 0 aliphatic carbocycles. The molecule has 0 radical (unpaired) electrons. The van der Waals surface area contributed by atoms with Gasteiger partial charge in [0.15, 0.2) is 5.71 Å². The molecular formula is C38H52N3O10S3+. The second-order valence-corrected chi connectivity index (χ2v) is 19.5. The fourth-order valence-electron chi connectivity index (χ4n) is 7.24. The van der Waals surface area contributed by atoms with Crippen LogP contribution in [0.25, 0.3) is 0 Å². The van der Waals surface area contributed by atoms with Gasteiger partial charge in [-0.3, -0.25) is 13.7 Å². The third-order valence-electron chi connectivity index (χ3n) is 10.1. The number of anilines is 1. The first-order chi connectivity index (χ1) is 25.0. The molecule has 1 aromatic carbocycles. The topological polar surface area (TPSA) is 200 Å². The van der Waals surface area contributed by atoms with Crippen LogP contribution in [0.15, 0.2) is 76.4 Å². The number of aryl methyl sites for hydroxylation is 2. The highest BCUT2D eigenvalue weighted by Crippen LogP contribution is 2.51. The number of pyridine rings is 1. The number of rotatable bonds is 19. The monoisotopic (exact) mass is 806 g/mol. The number of allylic oxidation sites excluding steroid dienone is 6. The van der Waals surface area contributed by atoms with Crippen molar-refractivity contribution in [1.82, 2.24) is 0 Å². The summed E-state index contributed by atoms with van der Waals surface area (Å²) in [7, 11) is -12.8. The Kier molecular flexibility index (Phi) is 13.7. The molecule has 0 spiro atoms. The summed E-state index contributed by atoms with van der Waals surface area (Å²) in [5, 5.41) is 0. The molecule has 1 aromatic heterocycles. The number of aromatic nitrogens is 1. The van der Waals surface area contributed by atoms with Crippen LogP contribution in [0.1, 0.15) is 95.8 Å². The standard InChI is InChI=1S/C38H51N3O10S3/c1-28-25-32-36(40(27-28)21-14-24-53(46,47)48)39-34(37(32,3)4)16-9-6-10-17-35-38(5,20-11-13-23-52(43,44)45)31-26-30(54(49,50)51)18-19-33(31)41(35)22-12-7-8-15-29(2)42/h6,9-10,16-19,25-27H,7-8,11-15,20-24H2,1-5H3,(H2-,43,44,45,46,47,48,49,50,51)/p+1. The Balaban J connectivity index is 1.67. The van der Waals surface area contributed by atoms with Gasteiger partial charge in [-0.15, -0.1) is 0 Å². The predicted octanol–water partition coefficient (Wildman–Crippen LogP) is 6.15. The summed E-state index contributed by atoms with van der Waals surface area (Å²) < 4.78 is 100. The second kappa shape index (κ2) is 17.1. The molecule has 0 bridgehead atoms. The highest BCUT2D eigenvalue weighted by Gasteiger charge is 2.44. The van der Waals surface area contributed by atoms with E-state index < -0.39 is 46.9 Å². The number of nitrogens with zero attached hydrogens (tertiary/aromatic N) is 3. The second-order valence-electron chi connectivity index (χ2n) is 14.9. The molecular weight excluding hydrogens is 755 g/mol. The molecule has 54 heavy (non-hydrogen) atoms. The van der Waals surface area contributed by atoms with Crippen molar-refractivity contribution >= 4 is 53.4 Å². The Morgan fingerprint density at radius 2 is 1.54 bits per heavy atom. The maximum atomic E-state index is 12.2. The third kappa shape index (κ3) is 11.0. The Hall–Kier alpha value is -3.54. The molecule has 3 heterocycles. The molecule has 1 unspecified atom stereocenters. The van der Waals surface area contributed by atoms with Gasteiger partial charge in [0.05, 0.1) is 40.1 Å². The largest absolute Gasteiger partial charge is 0.344 e. The number of hydrogen-bond donors (Lipinski definition) is 3. The van der Waals surface area contributed by atoms with Gasteiger partial charge in [0.25, 0.3) is 30.4 Å². The number of hydrogen-bond acceptors (Lipinski definition) is 9. The number of carbonyl (C=O) groups is 1. The zero-order valence-corrected chi connectivity index (χ0v) is 34.0. The molecule has 1 atom stereocenters. The van der Waals surface area contributed by atoms with E-state index in [1.807, 2.05) is 55.0 Å². The zero-order chi connectivity index (χ0) is 40.1. The van der Waals surface area contributed by atoms with Gasteiger partial charge in [0, 0.05) is 36.2 Å². The van der Waals surface area contributed by atoms with Crippen molar-refractivity contribution in [2.45, 2.75) is 108 Å². The van der Waals surface area contributed by atoms with E-state index in [4.69, 9.17) is 4.99 Å². The van der Waals surface area contributed by atoms with Crippen molar-refractivity contribution in [3.05, 3.63) is 83.2 Å². The lowest BCUT2D eigenvalue weighted by Gasteiger charge is -2.30. The normalized spacial score (nSPS) is 19.2. The Labute approximate surface area is 319 Å². The van der Waals surface area contributed by atoms with Crippen LogP contribution in [-0.2, 0) is 52.5 Å². The lowest BCUT2D eigenvalue weighted by Crippen LogP contribution is -2.36. The lowest BCUT2D eigenvalue weighted by atomic mass is 9.77. The Morgan fingerprint density at radius 3 is 2.19 bits per heavy atom. The Morgan fingerprint density at radius 1 is 0.852 bits per heavy atom. The summed E-state index contributed by atoms with van der Waals surface area (Å²) in [5.41, 5.74) is 3.83. The van der Waals surface area contributed by atoms with Gasteiger partial charge < -0.3 is 9.69 Å². The van der Waals surface area contributed by atoms with Gasteiger partial charge in [-0.05, 0) is 113 Å². The minimum absolute atomic E-state index is 0.122. The first-order valence-corrected chi connectivity index (χ1v) is 22.7. The molecule has 0 fully saturated rings. The van der Waals surface area contributed by atoms with E-state index >= 15 is 0 Å². The maximum absolute atomic E-state index is 12.2. The van der Waals surface area contributed by atoms with Crippen LogP contribution in [0.4, 0.5) is 11.5 Å². The van der Waals surface area contributed by atoms with E-state index in [1.165, 1.54) is 12.1 Å². The minimum atomic E-state index is -4.52. The zero-order valence-electron chi connectivity index (χ0n) is 31.5. The highest BCUT2D eigenvalue weighted by molar-refractivity contribution is 7.86. The summed E-state index contributed by atoms with van der Waals surface area (Å²) in [6.07, 6.45) is 15.4. The van der Waals surface area contributed by atoms with Gasteiger partial charge in [-0.2, -0.15) is 25.3 Å². The van der Waals surface area contributed by atoms with Gasteiger partial charge in [-0.25, -0.2) is 4.57 Å². The van der Waals surface area contributed by atoms with Crippen LogP contribution in [-0.4, -0.2) is 68.5 Å². The smallest absolute Gasteiger partial charge is 0.327 e. The highest BCUT2D eigenvalue weighted by atomic mass is 32.2. The van der Waals surface area contributed by atoms with Crippen LogP contribution in [0.2, 0.25) is 0 Å². The quantitative estimate of drug-likeness (QED) is 0.0637. The molecule has 16 heteroatoms. The summed E-state index contributed by atoms with van der Waals surface area (Å²) in [4.78, 5) is 18.3. The molecule has 13 nitrogen and oxygen atoms in total. The van der Waals surface area contributed by atoms with Crippen molar-refractivity contribution in [2.24, 2.45) is 4.99 Å². The fraction of sp³-hybridized carbons (Fsp3) is 0.500. The number of fused-ring (bicyclic) bond motifs is 2. The Bertz CT molecular complexity index is 2210. The molecule has 2 aliphatic heterocycles. The van der Waals surface area contributed by atoms with Crippen LogP contribution in [0.5, 0.6) is 0 Å². The van der Waals surface area contributed by atoms with E-state index in [2.05, 4.69) is 24.8 Å². The molecule has 0 saturated heterocycles. The van der Waals surface area contributed by atoms with Gasteiger partial charge >= 0.3 is 5.82 Å². The van der Waals surface area contributed by atoms with E-state index in [-0.39, 0.29) is 29.3 Å². The molecule has 3 N–H and O–H groups in total. The van der Waals surface area contributed by atoms with Crippen molar-refractivity contribution in [3.8, 4) is 0 Å². The first-order valence-electron chi connectivity index (χ1n) is 18.0. The van der Waals surface area contributed by atoms with E-state index in [0.717, 1.165) is 53.3 Å². The number of benzene rings is 1. The van der Waals surface area contributed by atoms with Gasteiger partial charge in [0.1, 0.15) is 5.78 Å². The first kappa shape index (κ1) is 43.2. The fourth-order valence-corrected chi connectivity index (χ4v) is 8.81. The van der Waals surface area contributed by atoms with Crippen molar-refractivity contribution in [2.75, 3.05) is 23.0 Å². The predicted molar refractivity (Wildman–Crippen MR) is 209 cm³/mol. The van der Waals surface area contributed by atoms with Crippen LogP contribution < -0.4 is 9.47 Å². The number of carbonyl (C=O) groups excluding carboxylic acids is 1. The molecule has 4 rings (SSSR count). The van der Waals surface area contributed by atoms with Gasteiger partial charge in [0.2, 0.25) is 0 Å². The SMILES string of the molecule is CC(=O)CCCCCN1/C(=C/C=C/C=C/C2=Nc3c(cc(C)c[n+]3CCCS(=O)(=O)O)C2(C)C)C(C)(CCCCS(=O)(=O)O)c2cc(S(=O)(=O)O)ccc21. The number of Topliss-reactive ketones (excluding diaryl/α,β-unsaturated/α-hetero) is 1. The summed E-state index contributed by atoms with van der Waals surface area (Å²) in [6.45, 7) is 10.5. The molecule has 2 aromatic rings. The van der Waals surface area contributed by atoms with Crippen molar-refractivity contribution < 1.29 is 48.3 Å². The van der Waals surface area contributed by atoms with Gasteiger partial charge in [-0.1, -0.05) is 31.1 Å². The minimum Gasteiger partial charge on any atom is -0.344 e. The molecule has 2 aliphatic rings. The van der Waals surface area contributed by atoms with E-state index in [0.29, 0.717) is 37.9 Å². The summed E-state index contributed by atoms with van der Waals surface area (Å²) >= 11 is 0. The molecule has 0 saturated carbocycles. The van der Waals surface area contributed by atoms with Crippen LogP contribution in [0, 0.1) is 6.92 Å². The third-order valence-corrected chi connectivity index (χ3v) is 12.5. The average Bonchev–Trinajstić information content (AvgIpc) is 3.43. The number of ketones is 1. The summed E-state index contributed by atoms with van der Waals surface area (Å²) in [6, 6.07) is 6.56. The van der Waals surface area contributed by atoms with Crippen LogP contribution >= 0.6 is 0 Å². The molecule has 0 amide bonds. The van der Waals surface area contributed by atoms with E-state index in [1.54, 1.807) is 13.0 Å². The molecule has 296 valence electrons. The van der Waals surface area contributed by atoms with Crippen molar-refractivity contribution in [1.29, 1.82) is 0 Å². The van der Waals surface area contributed by atoms with Crippen LogP contribution in [0.3, 0.4) is 0 Å². The summed E-state index contributed by atoms with van der Waals surface area (Å²) in [5.74, 6) is 0.0924. The number of unbranched alkanes of at least 4 members (excludes halogenated alkanes) is 3.